The maximum atomic E-state index is 11.6. The number of anilines is 2. The summed E-state index contributed by atoms with van der Waals surface area (Å²) in [5.41, 5.74) is 14.4. The minimum atomic E-state index is -3.32. The van der Waals surface area contributed by atoms with Crippen LogP contribution < -0.4 is 10.5 Å². The Kier molecular flexibility index (Phi) is 4.69. The fourth-order valence-corrected chi connectivity index (χ4v) is 4.33. The molecule has 0 saturated carbocycles. The van der Waals surface area contributed by atoms with Crippen molar-refractivity contribution >= 4 is 33.0 Å². The van der Waals surface area contributed by atoms with Crippen LogP contribution in [-0.4, -0.2) is 14.7 Å². The fraction of sp³-hybridized carbons (Fsp3) is 0.130. The predicted octanol–water partition coefficient (Wildman–Crippen LogP) is 4.33. The Morgan fingerprint density at radius 1 is 0.929 bits per heavy atom. The summed E-state index contributed by atoms with van der Waals surface area (Å²) in [5, 5.41) is 0. The van der Waals surface area contributed by atoms with E-state index in [2.05, 4.69) is 35.1 Å². The summed E-state index contributed by atoms with van der Waals surface area (Å²) in [7, 11) is -3.32. The molecule has 3 N–H and O–H groups in total. The molecule has 3 aromatic carbocycles. The summed E-state index contributed by atoms with van der Waals surface area (Å²) in [5.74, 6) is 0. The van der Waals surface area contributed by atoms with E-state index in [1.54, 1.807) is 6.07 Å². The second kappa shape index (κ2) is 7.17. The molecule has 0 spiro atoms. The lowest BCUT2D eigenvalue weighted by Crippen LogP contribution is -2.09. The van der Waals surface area contributed by atoms with Gasteiger partial charge >= 0.3 is 0 Å². The van der Waals surface area contributed by atoms with Gasteiger partial charge < -0.3 is 5.73 Å². The van der Waals surface area contributed by atoms with Crippen molar-refractivity contribution in [2.45, 2.75) is 12.8 Å². The molecular weight excluding hydrogens is 368 g/mol. The van der Waals surface area contributed by atoms with Gasteiger partial charge in [-0.05, 0) is 70.5 Å². The number of hydrogen-bond acceptors (Lipinski definition) is 3. The van der Waals surface area contributed by atoms with E-state index in [0.29, 0.717) is 5.69 Å². The lowest BCUT2D eigenvalue weighted by Gasteiger charge is -2.14. The number of nitrogens with one attached hydrogen (secondary N) is 1. The average molecular weight is 391 g/mol. The Labute approximate surface area is 165 Å². The number of fused-ring (bicyclic) bond motifs is 2. The molecule has 0 aliphatic heterocycles. The number of benzene rings is 3. The molecule has 1 aliphatic rings. The monoisotopic (exact) mass is 390 g/mol. The maximum absolute atomic E-state index is 11.6. The molecule has 5 heteroatoms. The van der Waals surface area contributed by atoms with Crippen LogP contribution in [0.5, 0.6) is 0 Å². The van der Waals surface area contributed by atoms with Crippen LogP contribution in [0.2, 0.25) is 0 Å². The molecule has 0 saturated heterocycles. The van der Waals surface area contributed by atoms with E-state index in [4.69, 9.17) is 5.73 Å². The van der Waals surface area contributed by atoms with Crippen LogP contribution in [0.15, 0.2) is 66.7 Å². The van der Waals surface area contributed by atoms with Crippen molar-refractivity contribution in [3.63, 3.8) is 0 Å². The summed E-state index contributed by atoms with van der Waals surface area (Å²) in [6.07, 6.45) is 5.09. The second-order valence-corrected chi connectivity index (χ2v) is 8.84. The molecular formula is C23H22N2O2S. The first-order valence-corrected chi connectivity index (χ1v) is 11.1. The molecule has 0 heterocycles. The summed E-state index contributed by atoms with van der Waals surface area (Å²) in [6.45, 7) is 0. The van der Waals surface area contributed by atoms with Gasteiger partial charge in [0.15, 0.2) is 0 Å². The first kappa shape index (κ1) is 18.3. The minimum Gasteiger partial charge on any atom is -0.398 e. The van der Waals surface area contributed by atoms with Crippen molar-refractivity contribution in [1.82, 2.24) is 0 Å². The highest BCUT2D eigenvalue weighted by molar-refractivity contribution is 7.92. The van der Waals surface area contributed by atoms with Crippen LogP contribution in [0, 0.1) is 0 Å². The Bertz CT molecular complexity index is 1180. The molecule has 0 aromatic heterocycles. The SMILES string of the molecule is CS(=O)(=O)Nc1cccc(/C=C2\c3ccccc3CCc3c(N)cccc32)c1. The number of aryl methyl sites for hydroxylation is 1. The summed E-state index contributed by atoms with van der Waals surface area (Å²) in [4.78, 5) is 0. The van der Waals surface area contributed by atoms with E-state index in [9.17, 15) is 8.42 Å². The van der Waals surface area contributed by atoms with Gasteiger partial charge in [-0.15, -0.1) is 0 Å². The zero-order chi connectivity index (χ0) is 19.7. The lowest BCUT2D eigenvalue weighted by atomic mass is 9.92. The second-order valence-electron chi connectivity index (χ2n) is 7.09. The average Bonchev–Trinajstić information content (AvgIpc) is 2.79. The van der Waals surface area contributed by atoms with Gasteiger partial charge in [0.2, 0.25) is 10.0 Å². The van der Waals surface area contributed by atoms with Gasteiger partial charge in [0.1, 0.15) is 0 Å². The number of rotatable bonds is 3. The molecule has 28 heavy (non-hydrogen) atoms. The van der Waals surface area contributed by atoms with Crippen molar-refractivity contribution in [2.24, 2.45) is 0 Å². The molecule has 1 aliphatic carbocycles. The van der Waals surface area contributed by atoms with E-state index < -0.39 is 10.0 Å². The standard InChI is InChI=1S/C23H22N2O2S/c1-28(26,27)25-18-8-4-6-16(14-18)15-22-19-9-3-2-7-17(19)12-13-21-20(22)10-5-11-23(21)24/h2-11,14-15,25H,12-13,24H2,1H3/b22-15+. The number of nitrogen functional groups attached to an aromatic ring is 1. The third-order valence-electron chi connectivity index (χ3n) is 4.96. The van der Waals surface area contributed by atoms with Crippen molar-refractivity contribution in [3.05, 3.63) is 94.5 Å². The molecule has 0 amide bonds. The van der Waals surface area contributed by atoms with Crippen molar-refractivity contribution in [1.29, 1.82) is 0 Å². The van der Waals surface area contributed by atoms with Gasteiger partial charge in [-0.1, -0.05) is 48.5 Å². The Morgan fingerprint density at radius 3 is 2.50 bits per heavy atom. The molecule has 0 radical (unpaired) electrons. The number of nitrogens with two attached hydrogens (primary N) is 1. The highest BCUT2D eigenvalue weighted by Gasteiger charge is 2.19. The summed E-state index contributed by atoms with van der Waals surface area (Å²) < 4.78 is 25.7. The van der Waals surface area contributed by atoms with E-state index in [-0.39, 0.29) is 0 Å². The molecule has 142 valence electrons. The van der Waals surface area contributed by atoms with Gasteiger partial charge in [0.25, 0.3) is 0 Å². The zero-order valence-electron chi connectivity index (χ0n) is 15.6. The zero-order valence-corrected chi connectivity index (χ0v) is 16.5. The largest absolute Gasteiger partial charge is 0.398 e. The van der Waals surface area contributed by atoms with Crippen LogP contribution in [0.1, 0.15) is 27.8 Å². The van der Waals surface area contributed by atoms with Crippen LogP contribution in [-0.2, 0) is 22.9 Å². The minimum absolute atomic E-state index is 0.548. The van der Waals surface area contributed by atoms with Gasteiger partial charge in [-0.25, -0.2) is 8.42 Å². The Balaban J connectivity index is 1.89. The molecule has 0 fully saturated rings. The predicted molar refractivity (Wildman–Crippen MR) is 117 cm³/mol. The summed E-state index contributed by atoms with van der Waals surface area (Å²) in [6, 6.07) is 21.9. The lowest BCUT2D eigenvalue weighted by molar-refractivity contribution is 0.607. The van der Waals surface area contributed by atoms with Crippen LogP contribution >= 0.6 is 0 Å². The Hall–Kier alpha value is -3.05. The third kappa shape index (κ3) is 3.80. The number of sulfonamides is 1. The molecule has 3 aromatic rings. The van der Waals surface area contributed by atoms with Crippen LogP contribution in [0.4, 0.5) is 11.4 Å². The molecule has 4 rings (SSSR count). The summed E-state index contributed by atoms with van der Waals surface area (Å²) >= 11 is 0. The van der Waals surface area contributed by atoms with Gasteiger partial charge in [-0.2, -0.15) is 0 Å². The first-order chi connectivity index (χ1) is 13.4. The van der Waals surface area contributed by atoms with E-state index in [1.807, 2.05) is 36.4 Å². The topological polar surface area (TPSA) is 72.2 Å². The normalized spacial score (nSPS) is 14.8. The van der Waals surface area contributed by atoms with E-state index in [0.717, 1.165) is 47.0 Å². The quantitative estimate of drug-likeness (QED) is 0.654. The smallest absolute Gasteiger partial charge is 0.229 e. The molecule has 0 bridgehead atoms. The maximum Gasteiger partial charge on any atom is 0.229 e. The van der Waals surface area contributed by atoms with Crippen molar-refractivity contribution < 1.29 is 8.42 Å². The Morgan fingerprint density at radius 2 is 1.68 bits per heavy atom. The highest BCUT2D eigenvalue weighted by Crippen LogP contribution is 2.37. The van der Waals surface area contributed by atoms with Crippen molar-refractivity contribution in [2.75, 3.05) is 16.7 Å². The van der Waals surface area contributed by atoms with E-state index in [1.165, 1.54) is 11.1 Å². The van der Waals surface area contributed by atoms with Gasteiger partial charge in [0.05, 0.1) is 6.26 Å². The van der Waals surface area contributed by atoms with Gasteiger partial charge in [0, 0.05) is 11.4 Å². The van der Waals surface area contributed by atoms with Gasteiger partial charge in [-0.3, -0.25) is 4.72 Å². The first-order valence-electron chi connectivity index (χ1n) is 9.16. The van der Waals surface area contributed by atoms with Crippen LogP contribution in [0.3, 0.4) is 0 Å². The molecule has 0 unspecified atom stereocenters. The molecule has 0 atom stereocenters. The fourth-order valence-electron chi connectivity index (χ4n) is 3.77. The van der Waals surface area contributed by atoms with Crippen LogP contribution in [0.25, 0.3) is 11.6 Å². The van der Waals surface area contributed by atoms with E-state index >= 15 is 0 Å². The van der Waals surface area contributed by atoms with Crippen molar-refractivity contribution in [3.8, 4) is 0 Å². The number of hydrogen-bond donors (Lipinski definition) is 2. The molecule has 4 nitrogen and oxygen atoms in total. The highest BCUT2D eigenvalue weighted by atomic mass is 32.2. The third-order valence-corrected chi connectivity index (χ3v) is 5.56.